The first-order chi connectivity index (χ1) is 10.1. The molecule has 3 atom stereocenters. The Hall–Kier alpha value is -1.88. The molecule has 1 aromatic carbocycles. The van der Waals surface area contributed by atoms with Crippen molar-refractivity contribution in [2.75, 3.05) is 10.6 Å². The highest BCUT2D eigenvalue weighted by atomic mass is 16.2. The molecule has 2 aliphatic carbocycles. The van der Waals surface area contributed by atoms with Gasteiger partial charge in [-0.25, -0.2) is 0 Å². The fourth-order valence-corrected chi connectivity index (χ4v) is 3.84. The van der Waals surface area contributed by atoms with Crippen LogP contribution in [0.25, 0.3) is 0 Å². The standard InChI is InChI=1S/C16H19N3O2/c17-16(11-4-9-3-10(9)5-11)8-1-2-12-13(6-8)19-15(21)7-14(20)18-12/h1-2,6,9-11,16H,3-5,7,17H2,(H,18,20)(H,19,21). The number of anilines is 2. The van der Waals surface area contributed by atoms with Crippen LogP contribution in [0.15, 0.2) is 18.2 Å². The molecule has 0 saturated heterocycles. The Kier molecular flexibility index (Phi) is 2.79. The molecule has 3 aliphatic rings. The third kappa shape index (κ3) is 2.31. The Labute approximate surface area is 123 Å². The van der Waals surface area contributed by atoms with Gasteiger partial charge in [0, 0.05) is 6.04 Å². The van der Waals surface area contributed by atoms with Crippen LogP contribution >= 0.6 is 0 Å². The molecule has 2 fully saturated rings. The van der Waals surface area contributed by atoms with Gasteiger partial charge in [0.1, 0.15) is 6.42 Å². The Bertz CT molecular complexity index is 618. The van der Waals surface area contributed by atoms with E-state index in [1.807, 2.05) is 18.2 Å². The van der Waals surface area contributed by atoms with E-state index in [9.17, 15) is 9.59 Å². The van der Waals surface area contributed by atoms with Gasteiger partial charge >= 0.3 is 0 Å². The summed E-state index contributed by atoms with van der Waals surface area (Å²) in [4.78, 5) is 23.2. The van der Waals surface area contributed by atoms with E-state index >= 15 is 0 Å². The largest absolute Gasteiger partial charge is 0.324 e. The van der Waals surface area contributed by atoms with Crippen molar-refractivity contribution in [3.05, 3.63) is 23.8 Å². The minimum atomic E-state index is -0.279. The minimum Gasteiger partial charge on any atom is -0.324 e. The summed E-state index contributed by atoms with van der Waals surface area (Å²) in [6, 6.07) is 5.72. The number of carbonyl (C=O) groups is 2. The molecule has 5 nitrogen and oxygen atoms in total. The van der Waals surface area contributed by atoms with Gasteiger partial charge in [-0.2, -0.15) is 0 Å². The third-order valence-corrected chi connectivity index (χ3v) is 5.09. The highest BCUT2D eigenvalue weighted by Gasteiger charge is 2.47. The molecule has 21 heavy (non-hydrogen) atoms. The van der Waals surface area contributed by atoms with Gasteiger partial charge < -0.3 is 16.4 Å². The summed E-state index contributed by atoms with van der Waals surface area (Å²) in [6.45, 7) is 0. The molecule has 0 spiro atoms. The van der Waals surface area contributed by atoms with Crippen molar-refractivity contribution in [2.45, 2.75) is 31.7 Å². The second-order valence-corrected chi connectivity index (χ2v) is 6.59. The summed E-state index contributed by atoms with van der Waals surface area (Å²) in [5.41, 5.74) is 8.76. The van der Waals surface area contributed by atoms with E-state index in [4.69, 9.17) is 5.73 Å². The molecule has 5 heteroatoms. The summed E-state index contributed by atoms with van der Waals surface area (Å²) < 4.78 is 0. The normalized spacial score (nSPS) is 31.6. The Balaban J connectivity index is 1.59. The zero-order chi connectivity index (χ0) is 14.6. The lowest BCUT2D eigenvalue weighted by molar-refractivity contribution is -0.123. The topological polar surface area (TPSA) is 84.2 Å². The van der Waals surface area contributed by atoms with E-state index in [0.717, 1.165) is 17.4 Å². The summed E-state index contributed by atoms with van der Waals surface area (Å²) >= 11 is 0. The van der Waals surface area contributed by atoms with Crippen LogP contribution < -0.4 is 16.4 Å². The number of benzene rings is 1. The lowest BCUT2D eigenvalue weighted by Gasteiger charge is -2.22. The van der Waals surface area contributed by atoms with Gasteiger partial charge in [-0.3, -0.25) is 9.59 Å². The van der Waals surface area contributed by atoms with E-state index in [1.54, 1.807) is 0 Å². The molecule has 0 radical (unpaired) electrons. The number of amides is 2. The van der Waals surface area contributed by atoms with Crippen LogP contribution in [0.4, 0.5) is 11.4 Å². The van der Waals surface area contributed by atoms with Crippen molar-refractivity contribution >= 4 is 23.2 Å². The molecule has 110 valence electrons. The zero-order valence-corrected chi connectivity index (χ0v) is 11.8. The molecule has 4 rings (SSSR count). The number of nitrogens with two attached hydrogens (primary N) is 1. The van der Waals surface area contributed by atoms with Crippen molar-refractivity contribution < 1.29 is 9.59 Å². The number of rotatable bonds is 2. The number of hydrogen-bond acceptors (Lipinski definition) is 3. The highest BCUT2D eigenvalue weighted by molar-refractivity contribution is 6.13. The molecule has 0 bridgehead atoms. The smallest absolute Gasteiger partial charge is 0.233 e. The molecule has 1 aliphatic heterocycles. The number of fused-ring (bicyclic) bond motifs is 2. The average molecular weight is 285 g/mol. The van der Waals surface area contributed by atoms with Crippen molar-refractivity contribution in [1.29, 1.82) is 0 Å². The fraction of sp³-hybridized carbons (Fsp3) is 0.500. The highest BCUT2D eigenvalue weighted by Crippen LogP contribution is 2.56. The summed E-state index contributed by atoms with van der Waals surface area (Å²) in [5.74, 6) is 1.79. The van der Waals surface area contributed by atoms with Crippen LogP contribution in [0, 0.1) is 17.8 Å². The summed E-state index contributed by atoms with van der Waals surface area (Å²) in [6.07, 6.45) is 3.70. The van der Waals surface area contributed by atoms with E-state index < -0.39 is 0 Å². The first-order valence-electron chi connectivity index (χ1n) is 7.59. The maximum absolute atomic E-state index is 11.6. The summed E-state index contributed by atoms with van der Waals surface area (Å²) in [7, 11) is 0. The van der Waals surface area contributed by atoms with Crippen LogP contribution in [0.5, 0.6) is 0 Å². The van der Waals surface area contributed by atoms with Crippen molar-refractivity contribution in [2.24, 2.45) is 23.5 Å². The molecule has 2 saturated carbocycles. The van der Waals surface area contributed by atoms with Gasteiger partial charge in [-0.1, -0.05) is 6.07 Å². The van der Waals surface area contributed by atoms with Crippen LogP contribution in [0.3, 0.4) is 0 Å². The lowest BCUT2D eigenvalue weighted by atomic mass is 9.89. The van der Waals surface area contributed by atoms with Crippen molar-refractivity contribution in [1.82, 2.24) is 0 Å². The lowest BCUT2D eigenvalue weighted by Crippen LogP contribution is -2.20. The molecule has 1 aromatic rings. The first-order valence-corrected chi connectivity index (χ1v) is 7.59. The SMILES string of the molecule is NC(c1ccc2c(c1)NC(=O)CC(=O)N2)C1CC2CC2C1. The quantitative estimate of drug-likeness (QED) is 0.727. The second kappa shape index (κ2) is 4.56. The van der Waals surface area contributed by atoms with E-state index in [1.165, 1.54) is 19.3 Å². The molecule has 0 aromatic heterocycles. The van der Waals surface area contributed by atoms with Gasteiger partial charge in [0.25, 0.3) is 0 Å². The van der Waals surface area contributed by atoms with Crippen molar-refractivity contribution in [3.63, 3.8) is 0 Å². The maximum atomic E-state index is 11.6. The van der Waals surface area contributed by atoms with Crippen LogP contribution in [0.1, 0.15) is 37.3 Å². The maximum Gasteiger partial charge on any atom is 0.233 e. The number of nitrogens with one attached hydrogen (secondary N) is 2. The molecular weight excluding hydrogens is 266 g/mol. The third-order valence-electron chi connectivity index (χ3n) is 5.09. The fourth-order valence-electron chi connectivity index (χ4n) is 3.84. The minimum absolute atomic E-state index is 0.0129. The number of carbonyl (C=O) groups excluding carboxylic acids is 2. The van der Waals surface area contributed by atoms with Crippen LogP contribution in [0.2, 0.25) is 0 Å². The Morgan fingerprint density at radius 3 is 2.38 bits per heavy atom. The van der Waals surface area contributed by atoms with E-state index in [2.05, 4.69) is 10.6 Å². The Morgan fingerprint density at radius 2 is 1.67 bits per heavy atom. The van der Waals surface area contributed by atoms with Crippen LogP contribution in [-0.2, 0) is 9.59 Å². The predicted octanol–water partition coefficient (Wildman–Crippen LogP) is 2.01. The van der Waals surface area contributed by atoms with Gasteiger partial charge in [-0.05, 0) is 54.7 Å². The molecular formula is C16H19N3O2. The first kappa shape index (κ1) is 12.8. The number of hydrogen-bond donors (Lipinski definition) is 3. The van der Waals surface area contributed by atoms with Gasteiger partial charge in [0.15, 0.2) is 0 Å². The molecule has 2 amide bonds. The molecule has 4 N–H and O–H groups in total. The Morgan fingerprint density at radius 1 is 1.00 bits per heavy atom. The van der Waals surface area contributed by atoms with Gasteiger partial charge in [0.05, 0.1) is 11.4 Å². The molecule has 3 unspecified atom stereocenters. The molecule has 1 heterocycles. The van der Waals surface area contributed by atoms with E-state index in [-0.39, 0.29) is 24.3 Å². The van der Waals surface area contributed by atoms with Crippen LogP contribution in [-0.4, -0.2) is 11.8 Å². The van der Waals surface area contributed by atoms with Gasteiger partial charge in [-0.15, -0.1) is 0 Å². The predicted molar refractivity (Wildman–Crippen MR) is 79.6 cm³/mol. The average Bonchev–Trinajstić information content (AvgIpc) is 3.09. The second-order valence-electron chi connectivity index (χ2n) is 6.59. The summed E-state index contributed by atoms with van der Waals surface area (Å²) in [5, 5.41) is 5.52. The monoisotopic (exact) mass is 285 g/mol. The van der Waals surface area contributed by atoms with Crippen molar-refractivity contribution in [3.8, 4) is 0 Å². The zero-order valence-electron chi connectivity index (χ0n) is 11.8. The van der Waals surface area contributed by atoms with Gasteiger partial charge in [0.2, 0.25) is 11.8 Å². The van der Waals surface area contributed by atoms with E-state index in [0.29, 0.717) is 17.3 Å².